The van der Waals surface area contributed by atoms with E-state index >= 15 is 0 Å². The number of carbonyl (C=O) groups is 3. The van der Waals surface area contributed by atoms with Crippen molar-refractivity contribution in [3.8, 4) is 0 Å². The number of carbonyl (C=O) groups excluding carboxylic acids is 2. The molecule has 272 valence electrons. The Morgan fingerprint density at radius 2 is 0.957 bits per heavy atom. The number of esters is 2. The topological polar surface area (TPSA) is 172 Å². The van der Waals surface area contributed by atoms with Crippen molar-refractivity contribution in [1.29, 1.82) is 0 Å². The molecule has 3 atom stereocenters. The number of carboxylic acid groups (broad SMARTS) is 1. The zero-order valence-electron chi connectivity index (χ0n) is 28.9. The van der Waals surface area contributed by atoms with Crippen molar-refractivity contribution in [1.82, 2.24) is 0 Å². The van der Waals surface area contributed by atoms with Crippen molar-refractivity contribution in [2.75, 3.05) is 19.8 Å². The molecule has 1 unspecified atom stereocenters. The minimum atomic E-state index is -4.70. The highest BCUT2D eigenvalue weighted by Crippen LogP contribution is 2.43. The fourth-order valence-corrected chi connectivity index (χ4v) is 5.72. The maximum Gasteiger partial charge on any atom is 0.472 e. The van der Waals surface area contributed by atoms with Gasteiger partial charge < -0.3 is 25.2 Å². The van der Waals surface area contributed by atoms with Gasteiger partial charge in [-0.25, -0.2) is 4.57 Å². The van der Waals surface area contributed by atoms with Crippen LogP contribution in [0.15, 0.2) is 0 Å². The Kier molecular flexibility index (Phi) is 29.8. The fourth-order valence-electron chi connectivity index (χ4n) is 4.95. The minimum absolute atomic E-state index is 0.168. The molecule has 0 heterocycles. The van der Waals surface area contributed by atoms with E-state index in [2.05, 4.69) is 18.4 Å². The number of ether oxygens (including phenoxy) is 2. The summed E-state index contributed by atoms with van der Waals surface area (Å²) >= 11 is 0. The van der Waals surface area contributed by atoms with Crippen LogP contribution in [0.3, 0.4) is 0 Å². The highest BCUT2D eigenvalue weighted by atomic mass is 31.2. The third-order valence-corrected chi connectivity index (χ3v) is 8.81. The van der Waals surface area contributed by atoms with Crippen molar-refractivity contribution in [2.45, 2.75) is 180 Å². The first-order chi connectivity index (χ1) is 22.1. The molecule has 0 spiro atoms. The zero-order chi connectivity index (χ0) is 34.3. The molecule has 0 aromatic rings. The van der Waals surface area contributed by atoms with Gasteiger partial charge in [-0.3, -0.25) is 23.4 Å². The van der Waals surface area contributed by atoms with E-state index in [0.29, 0.717) is 12.8 Å². The lowest BCUT2D eigenvalue weighted by atomic mass is 10.0. The molecular formula is C34H66NO10P. The molecule has 46 heavy (non-hydrogen) atoms. The SMILES string of the molecule is CCCCCCCCCCCCCCC(=O)O[C@H](COC(=O)CCCCCCCCCCCC)COP(=O)(O)OC[C@H](N)C(=O)O. The predicted molar refractivity (Wildman–Crippen MR) is 180 cm³/mol. The van der Waals surface area contributed by atoms with Gasteiger partial charge in [-0.15, -0.1) is 0 Å². The molecular weight excluding hydrogens is 613 g/mol. The molecule has 0 aromatic heterocycles. The fraction of sp³-hybridized carbons (Fsp3) is 0.912. The van der Waals surface area contributed by atoms with Crippen LogP contribution in [0.2, 0.25) is 0 Å². The predicted octanol–water partition coefficient (Wildman–Crippen LogP) is 8.39. The van der Waals surface area contributed by atoms with Crippen LogP contribution in [0.4, 0.5) is 0 Å². The Bertz CT molecular complexity index is 813. The number of phosphoric acid groups is 1. The van der Waals surface area contributed by atoms with Crippen LogP contribution in [0.1, 0.15) is 168 Å². The lowest BCUT2D eigenvalue weighted by Gasteiger charge is -2.20. The average Bonchev–Trinajstić information content (AvgIpc) is 3.02. The van der Waals surface area contributed by atoms with Crippen LogP contribution in [-0.2, 0) is 37.5 Å². The summed E-state index contributed by atoms with van der Waals surface area (Å²) in [6.07, 6.45) is 24.6. The zero-order valence-corrected chi connectivity index (χ0v) is 29.8. The molecule has 0 amide bonds. The molecule has 0 aliphatic carbocycles. The number of unbranched alkanes of at least 4 members (excludes halogenated alkanes) is 20. The van der Waals surface area contributed by atoms with Gasteiger partial charge in [0.05, 0.1) is 13.2 Å². The molecule has 0 aliphatic rings. The summed E-state index contributed by atoms with van der Waals surface area (Å²) in [5.74, 6) is -2.37. The molecule has 0 radical (unpaired) electrons. The van der Waals surface area contributed by atoms with Gasteiger partial charge in [0, 0.05) is 12.8 Å². The molecule has 12 heteroatoms. The first kappa shape index (κ1) is 44.5. The lowest BCUT2D eigenvalue weighted by molar-refractivity contribution is -0.161. The number of hydrogen-bond acceptors (Lipinski definition) is 9. The van der Waals surface area contributed by atoms with Crippen molar-refractivity contribution >= 4 is 25.7 Å². The number of hydrogen-bond donors (Lipinski definition) is 3. The van der Waals surface area contributed by atoms with Crippen LogP contribution in [0.25, 0.3) is 0 Å². The number of aliphatic carboxylic acids is 1. The Hall–Kier alpha value is -1.52. The van der Waals surface area contributed by atoms with E-state index in [1.807, 2.05) is 0 Å². The van der Waals surface area contributed by atoms with Crippen LogP contribution < -0.4 is 5.73 Å². The van der Waals surface area contributed by atoms with Crippen molar-refractivity contribution < 1.29 is 47.5 Å². The maximum absolute atomic E-state index is 12.5. The number of rotatable bonds is 34. The Morgan fingerprint density at radius 3 is 1.37 bits per heavy atom. The molecule has 0 fully saturated rings. The minimum Gasteiger partial charge on any atom is -0.480 e. The summed E-state index contributed by atoms with van der Waals surface area (Å²) in [5.41, 5.74) is 5.30. The van der Waals surface area contributed by atoms with Crippen LogP contribution in [0, 0.1) is 0 Å². The Morgan fingerprint density at radius 1 is 0.587 bits per heavy atom. The second-order valence-corrected chi connectivity index (χ2v) is 13.8. The first-order valence-electron chi connectivity index (χ1n) is 18.1. The molecule has 0 saturated heterocycles. The van der Waals surface area contributed by atoms with Crippen molar-refractivity contribution in [2.24, 2.45) is 5.73 Å². The summed E-state index contributed by atoms with van der Waals surface area (Å²) < 4.78 is 32.5. The van der Waals surface area contributed by atoms with E-state index in [-0.39, 0.29) is 19.4 Å². The highest BCUT2D eigenvalue weighted by molar-refractivity contribution is 7.47. The third kappa shape index (κ3) is 29.9. The number of nitrogens with two attached hydrogens (primary N) is 1. The van der Waals surface area contributed by atoms with Gasteiger partial charge in [0.15, 0.2) is 6.10 Å². The third-order valence-electron chi connectivity index (χ3n) is 7.86. The van der Waals surface area contributed by atoms with Gasteiger partial charge in [0.2, 0.25) is 0 Å². The molecule has 0 aliphatic heterocycles. The normalized spacial score (nSPS) is 14.0. The second-order valence-electron chi connectivity index (χ2n) is 12.4. The van der Waals surface area contributed by atoms with Crippen molar-refractivity contribution in [3.05, 3.63) is 0 Å². The molecule has 0 bridgehead atoms. The molecule has 11 nitrogen and oxygen atoms in total. The number of carboxylic acids is 1. The second kappa shape index (κ2) is 30.8. The summed E-state index contributed by atoms with van der Waals surface area (Å²) in [5, 5.41) is 8.83. The van der Waals surface area contributed by atoms with E-state index in [4.69, 9.17) is 24.8 Å². The van der Waals surface area contributed by atoms with Crippen LogP contribution >= 0.6 is 7.82 Å². The average molecular weight is 680 g/mol. The Balaban J connectivity index is 4.46. The first-order valence-corrected chi connectivity index (χ1v) is 19.6. The summed E-state index contributed by atoms with van der Waals surface area (Å²) in [6.45, 7) is 2.77. The molecule has 4 N–H and O–H groups in total. The van der Waals surface area contributed by atoms with Crippen LogP contribution in [-0.4, -0.2) is 59.9 Å². The van der Waals surface area contributed by atoms with Gasteiger partial charge in [0.25, 0.3) is 0 Å². The summed E-state index contributed by atoms with van der Waals surface area (Å²) in [6, 6.07) is -1.51. The number of phosphoric ester groups is 1. The van der Waals surface area contributed by atoms with Gasteiger partial charge in [-0.1, -0.05) is 142 Å². The van der Waals surface area contributed by atoms with Crippen LogP contribution in [0.5, 0.6) is 0 Å². The summed E-state index contributed by atoms with van der Waals surface area (Å²) in [7, 11) is -4.70. The van der Waals surface area contributed by atoms with Gasteiger partial charge >= 0.3 is 25.7 Å². The van der Waals surface area contributed by atoms with E-state index in [1.165, 1.54) is 89.9 Å². The van der Waals surface area contributed by atoms with Gasteiger partial charge in [0.1, 0.15) is 12.6 Å². The molecule has 0 aromatic carbocycles. The Labute approximate surface area is 278 Å². The molecule has 0 rings (SSSR count). The quantitative estimate of drug-likeness (QED) is 0.0339. The highest BCUT2D eigenvalue weighted by Gasteiger charge is 2.28. The van der Waals surface area contributed by atoms with Gasteiger partial charge in [-0.2, -0.15) is 0 Å². The monoisotopic (exact) mass is 679 g/mol. The van der Waals surface area contributed by atoms with Gasteiger partial charge in [-0.05, 0) is 12.8 Å². The summed E-state index contributed by atoms with van der Waals surface area (Å²) in [4.78, 5) is 45.6. The lowest BCUT2D eigenvalue weighted by Crippen LogP contribution is -2.34. The smallest absolute Gasteiger partial charge is 0.472 e. The maximum atomic E-state index is 12.5. The standard InChI is InChI=1S/C34H66NO10P/c1-3-5-7-9-11-13-15-16-18-20-22-24-26-33(37)45-30(28-43-46(40,41)44-29-31(35)34(38)39)27-42-32(36)25-23-21-19-17-14-12-10-8-6-4-2/h30-31H,3-29,35H2,1-2H3,(H,38,39)(H,40,41)/t30-,31+/m1/s1. The van der Waals surface area contributed by atoms with E-state index in [9.17, 15) is 23.8 Å². The molecule has 0 saturated carbocycles. The van der Waals surface area contributed by atoms with E-state index in [1.54, 1.807) is 0 Å². The van der Waals surface area contributed by atoms with E-state index < -0.39 is 51.1 Å². The largest absolute Gasteiger partial charge is 0.480 e. The van der Waals surface area contributed by atoms with E-state index in [0.717, 1.165) is 38.5 Å². The van der Waals surface area contributed by atoms with Crippen molar-refractivity contribution in [3.63, 3.8) is 0 Å².